The third-order valence-electron chi connectivity index (χ3n) is 2.89. The van der Waals surface area contributed by atoms with E-state index in [1.54, 1.807) is 4.90 Å². The van der Waals surface area contributed by atoms with Gasteiger partial charge in [0.15, 0.2) is 0 Å². The molecule has 1 rings (SSSR count). The molecule has 0 radical (unpaired) electrons. The fraction of sp³-hybridized carbons (Fsp3) is 0.933. The van der Waals surface area contributed by atoms with Crippen LogP contribution in [-0.4, -0.2) is 55.5 Å². The maximum Gasteiger partial charge on any atom is 0.410 e. The Labute approximate surface area is 123 Å². The number of carbonyl (C=O) groups is 1. The molecule has 1 aliphatic heterocycles. The molecule has 0 aromatic heterocycles. The Balaban J connectivity index is 2.51. The Hall–Kier alpha value is -0.810. The maximum atomic E-state index is 12.2. The molecule has 1 N–H and O–H groups in total. The molecular weight excluding hydrogens is 256 g/mol. The van der Waals surface area contributed by atoms with Crippen molar-refractivity contribution in [2.75, 3.05) is 32.8 Å². The summed E-state index contributed by atoms with van der Waals surface area (Å²) in [6.45, 7) is 15.6. The van der Waals surface area contributed by atoms with Crippen LogP contribution in [0.1, 0.15) is 41.5 Å². The summed E-state index contributed by atoms with van der Waals surface area (Å²) in [7, 11) is 0. The van der Waals surface area contributed by atoms with Crippen LogP contribution in [0, 0.1) is 5.41 Å². The first-order valence-electron chi connectivity index (χ1n) is 7.36. The molecule has 0 aromatic rings. The van der Waals surface area contributed by atoms with Crippen molar-refractivity contribution in [3.8, 4) is 0 Å². The highest BCUT2D eigenvalue weighted by molar-refractivity contribution is 5.68. The van der Waals surface area contributed by atoms with E-state index in [9.17, 15) is 4.79 Å². The molecule has 1 saturated heterocycles. The lowest BCUT2D eigenvalue weighted by molar-refractivity contribution is -0.0319. The van der Waals surface area contributed by atoms with Gasteiger partial charge in [0.2, 0.25) is 0 Å². The van der Waals surface area contributed by atoms with Gasteiger partial charge >= 0.3 is 6.09 Å². The number of hydrogen-bond donors (Lipinski definition) is 1. The fourth-order valence-electron chi connectivity index (χ4n) is 2.00. The highest BCUT2D eigenvalue weighted by Crippen LogP contribution is 2.15. The molecule has 5 nitrogen and oxygen atoms in total. The van der Waals surface area contributed by atoms with Crippen molar-refractivity contribution in [3.63, 3.8) is 0 Å². The molecule has 0 spiro atoms. The second-order valence-electron chi connectivity index (χ2n) is 7.59. The third kappa shape index (κ3) is 6.57. The van der Waals surface area contributed by atoms with E-state index < -0.39 is 5.60 Å². The topological polar surface area (TPSA) is 50.8 Å². The largest absolute Gasteiger partial charge is 0.444 e. The Morgan fingerprint density at radius 2 is 1.95 bits per heavy atom. The SMILES string of the molecule is CC(C)(C)CNCC1COCCN1C(=O)OC(C)(C)C. The molecule has 1 aliphatic rings. The number of hydrogen-bond acceptors (Lipinski definition) is 4. The molecule has 1 fully saturated rings. The number of nitrogens with one attached hydrogen (secondary N) is 1. The molecule has 20 heavy (non-hydrogen) atoms. The van der Waals surface area contributed by atoms with Crippen molar-refractivity contribution < 1.29 is 14.3 Å². The van der Waals surface area contributed by atoms with Crippen molar-refractivity contribution in [3.05, 3.63) is 0 Å². The van der Waals surface area contributed by atoms with Crippen LogP contribution < -0.4 is 5.32 Å². The average Bonchev–Trinajstić information content (AvgIpc) is 2.25. The average molecular weight is 286 g/mol. The van der Waals surface area contributed by atoms with Crippen molar-refractivity contribution in [2.24, 2.45) is 5.41 Å². The second-order valence-corrected chi connectivity index (χ2v) is 7.59. The summed E-state index contributed by atoms with van der Waals surface area (Å²) in [5.41, 5.74) is -0.231. The first-order chi connectivity index (χ1) is 9.08. The number of amides is 1. The van der Waals surface area contributed by atoms with Crippen molar-refractivity contribution in [2.45, 2.75) is 53.2 Å². The van der Waals surface area contributed by atoms with Gasteiger partial charge in [-0.1, -0.05) is 20.8 Å². The van der Waals surface area contributed by atoms with E-state index in [0.717, 1.165) is 13.1 Å². The molecule has 1 heterocycles. The van der Waals surface area contributed by atoms with Crippen LogP contribution in [0.25, 0.3) is 0 Å². The lowest BCUT2D eigenvalue weighted by Crippen LogP contribution is -2.54. The number of nitrogens with zero attached hydrogens (tertiary/aromatic N) is 1. The zero-order valence-corrected chi connectivity index (χ0v) is 13.8. The monoisotopic (exact) mass is 286 g/mol. The molecule has 5 heteroatoms. The Bertz CT molecular complexity index is 318. The highest BCUT2D eigenvalue weighted by Gasteiger charge is 2.30. The lowest BCUT2D eigenvalue weighted by atomic mass is 9.97. The number of ether oxygens (including phenoxy) is 2. The van der Waals surface area contributed by atoms with Crippen LogP contribution in [0.2, 0.25) is 0 Å². The van der Waals surface area contributed by atoms with Crippen molar-refractivity contribution in [1.29, 1.82) is 0 Å². The Morgan fingerprint density at radius 1 is 1.30 bits per heavy atom. The minimum atomic E-state index is -0.460. The van der Waals surface area contributed by atoms with Crippen LogP contribution in [0.5, 0.6) is 0 Å². The minimum absolute atomic E-state index is 0.0425. The van der Waals surface area contributed by atoms with E-state index in [2.05, 4.69) is 26.1 Å². The van der Waals surface area contributed by atoms with Gasteiger partial charge in [-0.05, 0) is 26.2 Å². The van der Waals surface area contributed by atoms with Gasteiger partial charge < -0.3 is 14.8 Å². The van der Waals surface area contributed by atoms with E-state index in [1.165, 1.54) is 0 Å². The normalized spacial score (nSPS) is 20.9. The zero-order valence-electron chi connectivity index (χ0n) is 13.8. The Morgan fingerprint density at radius 3 is 2.50 bits per heavy atom. The molecule has 1 amide bonds. The second kappa shape index (κ2) is 6.76. The summed E-state index contributed by atoms with van der Waals surface area (Å²) >= 11 is 0. The molecule has 0 bridgehead atoms. The van der Waals surface area contributed by atoms with E-state index in [4.69, 9.17) is 9.47 Å². The molecule has 0 aliphatic carbocycles. The summed E-state index contributed by atoms with van der Waals surface area (Å²) in [6.07, 6.45) is -0.247. The molecule has 0 saturated carbocycles. The third-order valence-corrected chi connectivity index (χ3v) is 2.89. The lowest BCUT2D eigenvalue weighted by Gasteiger charge is -2.37. The van der Waals surface area contributed by atoms with E-state index in [-0.39, 0.29) is 17.6 Å². The number of carbonyl (C=O) groups excluding carboxylic acids is 1. The van der Waals surface area contributed by atoms with Crippen LogP contribution in [0.4, 0.5) is 4.79 Å². The van der Waals surface area contributed by atoms with Crippen LogP contribution >= 0.6 is 0 Å². The predicted octanol–water partition coefficient (Wildman–Crippen LogP) is 2.26. The van der Waals surface area contributed by atoms with E-state index in [1.807, 2.05) is 20.8 Å². The minimum Gasteiger partial charge on any atom is -0.444 e. The van der Waals surface area contributed by atoms with Gasteiger partial charge in [0.05, 0.1) is 19.3 Å². The van der Waals surface area contributed by atoms with Gasteiger partial charge in [0.1, 0.15) is 5.60 Å². The van der Waals surface area contributed by atoms with Gasteiger partial charge in [-0.15, -0.1) is 0 Å². The maximum absolute atomic E-state index is 12.2. The first kappa shape index (κ1) is 17.2. The number of rotatable bonds is 3. The summed E-state index contributed by atoms with van der Waals surface area (Å²) < 4.78 is 10.9. The van der Waals surface area contributed by atoms with E-state index >= 15 is 0 Å². The molecule has 0 aromatic carbocycles. The van der Waals surface area contributed by atoms with Crippen LogP contribution in [-0.2, 0) is 9.47 Å². The molecule has 1 atom stereocenters. The van der Waals surface area contributed by atoms with Crippen LogP contribution in [0.15, 0.2) is 0 Å². The predicted molar refractivity (Wildman–Crippen MR) is 79.9 cm³/mol. The summed E-state index contributed by atoms with van der Waals surface area (Å²) in [6, 6.07) is 0.0425. The van der Waals surface area contributed by atoms with Crippen molar-refractivity contribution in [1.82, 2.24) is 10.2 Å². The summed E-state index contributed by atoms with van der Waals surface area (Å²) in [5.74, 6) is 0. The fourth-order valence-corrected chi connectivity index (χ4v) is 2.00. The summed E-state index contributed by atoms with van der Waals surface area (Å²) in [5, 5.41) is 3.41. The molecule has 1 unspecified atom stereocenters. The highest BCUT2D eigenvalue weighted by atomic mass is 16.6. The van der Waals surface area contributed by atoms with E-state index in [0.29, 0.717) is 19.8 Å². The smallest absolute Gasteiger partial charge is 0.410 e. The van der Waals surface area contributed by atoms with Gasteiger partial charge in [-0.25, -0.2) is 4.79 Å². The summed E-state index contributed by atoms with van der Waals surface area (Å²) in [4.78, 5) is 14.0. The standard InChI is InChI=1S/C15H30N2O3/c1-14(2,3)11-16-9-12-10-19-8-7-17(12)13(18)20-15(4,5)6/h12,16H,7-11H2,1-6H3. The number of morpholine rings is 1. The van der Waals surface area contributed by atoms with Crippen molar-refractivity contribution >= 4 is 6.09 Å². The quantitative estimate of drug-likeness (QED) is 0.864. The molecular formula is C15H30N2O3. The zero-order chi connectivity index (χ0) is 15.4. The van der Waals surface area contributed by atoms with Gasteiger partial charge in [-0.3, -0.25) is 4.90 Å². The van der Waals surface area contributed by atoms with Gasteiger partial charge in [0.25, 0.3) is 0 Å². The first-order valence-corrected chi connectivity index (χ1v) is 7.36. The van der Waals surface area contributed by atoms with Gasteiger partial charge in [0, 0.05) is 19.6 Å². The van der Waals surface area contributed by atoms with Crippen LogP contribution in [0.3, 0.4) is 0 Å². The Kier molecular flexibility index (Phi) is 5.83. The molecule has 118 valence electrons. The van der Waals surface area contributed by atoms with Gasteiger partial charge in [-0.2, -0.15) is 0 Å².